The van der Waals surface area contributed by atoms with Gasteiger partial charge in [-0.1, -0.05) is 0 Å². The van der Waals surface area contributed by atoms with Crippen molar-refractivity contribution in [2.45, 2.75) is 0 Å². The van der Waals surface area contributed by atoms with Gasteiger partial charge in [-0.05, 0) is 17.7 Å². The van der Waals surface area contributed by atoms with Crippen LogP contribution in [-0.4, -0.2) is 10.8 Å². The Morgan fingerprint density at radius 1 is 1.29 bits per heavy atom. The van der Waals surface area contributed by atoms with Gasteiger partial charge in [-0.2, -0.15) is 10.2 Å². The summed E-state index contributed by atoms with van der Waals surface area (Å²) in [6.07, 6.45) is 6.57. The molecule has 2 aliphatic rings. The quantitative estimate of drug-likeness (QED) is 0.617. The first-order chi connectivity index (χ1) is 6.86. The van der Waals surface area contributed by atoms with Crippen LogP contribution >= 0.6 is 0 Å². The topological polar surface area (TPSA) is 54.7 Å². The molecule has 0 fully saturated rings. The van der Waals surface area contributed by atoms with Gasteiger partial charge in [-0.3, -0.25) is 9.78 Å². The van der Waals surface area contributed by atoms with Crippen molar-refractivity contribution in [3.8, 4) is 0 Å². The second kappa shape index (κ2) is 2.45. The van der Waals surface area contributed by atoms with Crippen molar-refractivity contribution in [3.05, 3.63) is 47.1 Å². The number of pyridine rings is 1. The molecule has 66 valence electrons. The van der Waals surface area contributed by atoms with Crippen LogP contribution in [0.2, 0.25) is 0 Å². The van der Waals surface area contributed by atoms with Gasteiger partial charge in [0, 0.05) is 18.0 Å². The summed E-state index contributed by atoms with van der Waals surface area (Å²) in [5.41, 5.74) is 2.69. The van der Waals surface area contributed by atoms with Gasteiger partial charge in [0.25, 0.3) is 0 Å². The van der Waals surface area contributed by atoms with E-state index in [2.05, 4.69) is 15.2 Å². The molecule has 0 bridgehead atoms. The number of rotatable bonds is 0. The molecule has 2 heterocycles. The first-order valence-corrected chi connectivity index (χ1v) is 4.18. The smallest absolute Gasteiger partial charge is 0.199 e. The standard InChI is InChI=1S/C10H5N3O/c14-10-7-4-11-2-1-6(7)3-9-8(10)5-12-13-9/h1-5H. The first-order valence-electron chi connectivity index (χ1n) is 4.18. The number of Topliss-reactive ketones (excluding diaryl/α,β-unsaturated/α-hetero) is 1. The van der Waals surface area contributed by atoms with E-state index >= 15 is 0 Å². The largest absolute Gasteiger partial charge is 0.288 e. The van der Waals surface area contributed by atoms with Gasteiger partial charge in [0.1, 0.15) is 0 Å². The molecule has 0 N–H and O–H groups in total. The molecule has 0 unspecified atom stereocenters. The number of carbonyl (C=O) groups excluding carboxylic acids is 1. The van der Waals surface area contributed by atoms with Crippen molar-refractivity contribution in [2.75, 3.05) is 0 Å². The monoisotopic (exact) mass is 183 g/mol. The number of allylic oxidation sites excluding steroid dienone is 1. The van der Waals surface area contributed by atoms with Gasteiger partial charge in [-0.25, -0.2) is 0 Å². The molecule has 0 spiro atoms. The van der Waals surface area contributed by atoms with E-state index in [9.17, 15) is 4.79 Å². The van der Waals surface area contributed by atoms with E-state index in [1.807, 2.05) is 6.08 Å². The Morgan fingerprint density at radius 3 is 3.14 bits per heavy atom. The zero-order valence-electron chi connectivity index (χ0n) is 7.14. The number of hydrogen-bond acceptors (Lipinski definition) is 4. The second-order valence-electron chi connectivity index (χ2n) is 3.08. The molecule has 0 atom stereocenters. The second-order valence-corrected chi connectivity index (χ2v) is 3.08. The third kappa shape index (κ3) is 0.821. The van der Waals surface area contributed by atoms with Crippen molar-refractivity contribution in [2.24, 2.45) is 10.2 Å². The van der Waals surface area contributed by atoms with Crippen LogP contribution in [0.25, 0.3) is 6.08 Å². The van der Waals surface area contributed by atoms with Crippen LogP contribution in [0.15, 0.2) is 46.2 Å². The molecule has 0 saturated carbocycles. The lowest BCUT2D eigenvalue weighted by atomic mass is 9.93. The lowest BCUT2D eigenvalue weighted by Gasteiger charge is -2.10. The van der Waals surface area contributed by atoms with Crippen LogP contribution in [0.1, 0.15) is 15.9 Å². The summed E-state index contributed by atoms with van der Waals surface area (Å²) in [6, 6.07) is 1.80. The highest BCUT2D eigenvalue weighted by atomic mass is 16.1. The molecule has 4 heteroatoms. The van der Waals surface area contributed by atoms with Crippen LogP contribution in [0, 0.1) is 0 Å². The molecule has 1 aromatic heterocycles. The van der Waals surface area contributed by atoms with E-state index in [1.165, 1.54) is 6.20 Å². The summed E-state index contributed by atoms with van der Waals surface area (Å²) in [5.74, 6) is -0.0457. The van der Waals surface area contributed by atoms with Crippen molar-refractivity contribution < 1.29 is 4.79 Å². The highest BCUT2D eigenvalue weighted by molar-refractivity contribution is 6.16. The SMILES string of the molecule is O=C1C2=CN=NC2=Cc2ccncc21. The maximum absolute atomic E-state index is 11.8. The minimum Gasteiger partial charge on any atom is -0.288 e. The highest BCUT2D eigenvalue weighted by Gasteiger charge is 2.26. The summed E-state index contributed by atoms with van der Waals surface area (Å²) >= 11 is 0. The average molecular weight is 183 g/mol. The van der Waals surface area contributed by atoms with Crippen LogP contribution in [0.3, 0.4) is 0 Å². The number of ketones is 1. The number of nitrogens with zero attached hydrogens (tertiary/aromatic N) is 3. The minimum atomic E-state index is -0.0457. The lowest BCUT2D eigenvalue weighted by molar-refractivity contribution is 0.103. The molecule has 4 nitrogen and oxygen atoms in total. The molecule has 0 radical (unpaired) electrons. The maximum atomic E-state index is 11.8. The van der Waals surface area contributed by atoms with Crippen molar-refractivity contribution >= 4 is 11.9 Å². The van der Waals surface area contributed by atoms with Crippen LogP contribution in [-0.2, 0) is 0 Å². The molecular formula is C10H5N3O. The Hall–Kier alpha value is -2.10. The number of fused-ring (bicyclic) bond motifs is 2. The fourth-order valence-corrected chi connectivity index (χ4v) is 1.56. The first kappa shape index (κ1) is 7.32. The molecule has 0 amide bonds. The fraction of sp³-hybridized carbons (Fsp3) is 0. The Kier molecular flexibility index (Phi) is 1.28. The average Bonchev–Trinajstić information content (AvgIpc) is 2.66. The summed E-state index contributed by atoms with van der Waals surface area (Å²) in [6.45, 7) is 0. The third-order valence-corrected chi connectivity index (χ3v) is 2.26. The van der Waals surface area contributed by atoms with E-state index < -0.39 is 0 Å². The van der Waals surface area contributed by atoms with E-state index in [-0.39, 0.29) is 5.78 Å². The van der Waals surface area contributed by atoms with E-state index in [4.69, 9.17) is 0 Å². The molecule has 14 heavy (non-hydrogen) atoms. The van der Waals surface area contributed by atoms with E-state index in [1.54, 1.807) is 18.5 Å². The van der Waals surface area contributed by atoms with Crippen molar-refractivity contribution in [1.29, 1.82) is 0 Å². The van der Waals surface area contributed by atoms with E-state index in [0.717, 1.165) is 5.56 Å². The van der Waals surface area contributed by atoms with Gasteiger partial charge < -0.3 is 0 Å². The summed E-state index contributed by atoms with van der Waals surface area (Å²) < 4.78 is 0. The Balaban J connectivity index is 2.31. The van der Waals surface area contributed by atoms with Gasteiger partial charge in [0.15, 0.2) is 5.78 Å². The molecule has 0 saturated heterocycles. The van der Waals surface area contributed by atoms with Crippen molar-refractivity contribution in [3.63, 3.8) is 0 Å². The number of carbonyl (C=O) groups is 1. The van der Waals surface area contributed by atoms with Crippen LogP contribution in [0.5, 0.6) is 0 Å². The summed E-state index contributed by atoms with van der Waals surface area (Å²) in [4.78, 5) is 15.8. The van der Waals surface area contributed by atoms with Crippen LogP contribution < -0.4 is 0 Å². The van der Waals surface area contributed by atoms with Crippen LogP contribution in [0.4, 0.5) is 0 Å². The number of aromatic nitrogens is 1. The minimum absolute atomic E-state index is 0.0457. The highest BCUT2D eigenvalue weighted by Crippen LogP contribution is 2.31. The predicted octanol–water partition coefficient (Wildman–Crippen LogP) is 1.97. The molecular weight excluding hydrogens is 178 g/mol. The molecule has 0 aromatic carbocycles. The van der Waals surface area contributed by atoms with Gasteiger partial charge in [0.05, 0.1) is 17.5 Å². The Labute approximate surface area is 79.7 Å². The number of hydrogen-bond donors (Lipinski definition) is 0. The van der Waals surface area contributed by atoms with Gasteiger partial charge >= 0.3 is 0 Å². The summed E-state index contributed by atoms with van der Waals surface area (Å²) in [5, 5.41) is 7.57. The molecule has 1 aromatic rings. The van der Waals surface area contributed by atoms with Gasteiger partial charge in [0.2, 0.25) is 0 Å². The summed E-state index contributed by atoms with van der Waals surface area (Å²) in [7, 11) is 0. The third-order valence-electron chi connectivity index (χ3n) is 2.26. The lowest BCUT2D eigenvalue weighted by Crippen LogP contribution is -2.10. The molecule has 1 aliphatic heterocycles. The zero-order valence-corrected chi connectivity index (χ0v) is 7.14. The van der Waals surface area contributed by atoms with Crippen molar-refractivity contribution in [1.82, 2.24) is 4.98 Å². The maximum Gasteiger partial charge on any atom is 0.199 e. The predicted molar refractivity (Wildman–Crippen MR) is 49.5 cm³/mol. The Morgan fingerprint density at radius 2 is 2.21 bits per heavy atom. The molecule has 1 aliphatic carbocycles. The molecule has 3 rings (SSSR count). The van der Waals surface area contributed by atoms with Gasteiger partial charge in [-0.15, -0.1) is 0 Å². The fourth-order valence-electron chi connectivity index (χ4n) is 1.56. The normalized spacial score (nSPS) is 17.3. The Bertz CT molecular complexity index is 526. The van der Waals surface area contributed by atoms with E-state index in [0.29, 0.717) is 16.8 Å². The zero-order chi connectivity index (χ0) is 9.54. The number of azo groups is 1.